The van der Waals surface area contributed by atoms with Crippen molar-refractivity contribution in [2.45, 2.75) is 31.8 Å². The van der Waals surface area contributed by atoms with Gasteiger partial charge in [-0.05, 0) is 32.0 Å². The Labute approximate surface area is 145 Å². The Balaban J connectivity index is 0.000000758. The molecule has 0 aliphatic carbocycles. The molecule has 0 heterocycles. The van der Waals surface area contributed by atoms with Crippen LogP contribution in [-0.4, -0.2) is 48.2 Å². The minimum absolute atomic E-state index is 0.148. The molecule has 0 aliphatic rings. The first-order valence-corrected chi connectivity index (χ1v) is 7.33. The van der Waals surface area contributed by atoms with Crippen molar-refractivity contribution in [2.24, 2.45) is 0 Å². The Hall–Kier alpha value is -2.01. The van der Waals surface area contributed by atoms with Gasteiger partial charge in [0, 0.05) is 6.54 Å². The summed E-state index contributed by atoms with van der Waals surface area (Å²) >= 11 is 0. The number of carbonyl (C=O) groups is 1. The van der Waals surface area contributed by atoms with Gasteiger partial charge in [0.05, 0.1) is 18.3 Å². The van der Waals surface area contributed by atoms with E-state index >= 15 is 0 Å². The van der Waals surface area contributed by atoms with E-state index in [0.29, 0.717) is 19.5 Å². The van der Waals surface area contributed by atoms with Crippen molar-refractivity contribution >= 4 is 5.97 Å². The first kappa shape index (κ1) is 24.0. The van der Waals surface area contributed by atoms with Gasteiger partial charge >= 0.3 is 18.3 Å². The van der Waals surface area contributed by atoms with Gasteiger partial charge in [0.2, 0.25) is 0 Å². The maximum Gasteiger partial charge on any atom is 0.490 e. The van der Waals surface area contributed by atoms with Gasteiger partial charge in [-0.15, -0.1) is 0 Å². The number of carboxylic acid groups (broad SMARTS) is 1. The molecule has 0 aromatic heterocycles. The van der Waals surface area contributed by atoms with Gasteiger partial charge in [0.15, 0.2) is 0 Å². The molecule has 150 valence electrons. The molecule has 0 saturated heterocycles. The summed E-state index contributed by atoms with van der Waals surface area (Å²) < 4.78 is 74.8. The number of halogens is 6. The molecule has 1 aromatic rings. The largest absolute Gasteiger partial charge is 0.493 e. The van der Waals surface area contributed by atoms with E-state index in [2.05, 4.69) is 5.32 Å². The number of rotatable bonds is 7. The van der Waals surface area contributed by atoms with E-state index in [-0.39, 0.29) is 12.4 Å². The lowest BCUT2D eigenvalue weighted by Gasteiger charge is -2.13. The van der Waals surface area contributed by atoms with E-state index in [9.17, 15) is 26.3 Å². The highest BCUT2D eigenvalue weighted by atomic mass is 19.4. The molecule has 0 bridgehead atoms. The van der Waals surface area contributed by atoms with Gasteiger partial charge in [-0.2, -0.15) is 26.3 Å². The normalized spacial score (nSPS) is 12.8. The molecule has 0 saturated carbocycles. The number of aliphatic hydroxyl groups excluding tert-OH is 1. The van der Waals surface area contributed by atoms with Crippen molar-refractivity contribution in [3.05, 3.63) is 29.8 Å². The van der Waals surface area contributed by atoms with Crippen molar-refractivity contribution in [1.29, 1.82) is 0 Å². The summed E-state index contributed by atoms with van der Waals surface area (Å²) in [6, 6.07) is 5.16. The van der Waals surface area contributed by atoms with Crippen LogP contribution in [0.2, 0.25) is 0 Å². The number of benzene rings is 1. The predicted octanol–water partition coefficient (Wildman–Crippen LogP) is 3.08. The van der Waals surface area contributed by atoms with E-state index in [1.54, 1.807) is 6.92 Å². The third-order valence-electron chi connectivity index (χ3n) is 2.63. The molecule has 0 fully saturated rings. The third-order valence-corrected chi connectivity index (χ3v) is 2.63. The minimum atomic E-state index is -5.08. The van der Waals surface area contributed by atoms with E-state index in [1.165, 1.54) is 18.2 Å². The summed E-state index contributed by atoms with van der Waals surface area (Å²) in [6.07, 6.45) is -9.35. The van der Waals surface area contributed by atoms with Crippen molar-refractivity contribution in [2.75, 3.05) is 19.7 Å². The van der Waals surface area contributed by atoms with Gasteiger partial charge < -0.3 is 20.3 Å². The van der Waals surface area contributed by atoms with Crippen LogP contribution in [0.15, 0.2) is 24.3 Å². The van der Waals surface area contributed by atoms with E-state index in [0.717, 1.165) is 6.07 Å². The summed E-state index contributed by atoms with van der Waals surface area (Å²) in [4.78, 5) is 8.90. The van der Waals surface area contributed by atoms with Crippen LogP contribution in [0.5, 0.6) is 5.75 Å². The molecule has 1 atom stereocenters. The third kappa shape index (κ3) is 10.8. The standard InChI is InChI=1S/C13H18F3NO2.C2HF3O2/c1-10(18)9-17-7-4-8-19-12-6-3-2-5-11(12)13(14,15)16;3-2(4,5)1(6)7/h2-3,5-6,10,17-18H,4,7-9H2,1H3;(H,6,7)/t10-;/m1./s1. The van der Waals surface area contributed by atoms with E-state index in [1.807, 2.05) is 0 Å². The summed E-state index contributed by atoms with van der Waals surface area (Å²) in [5, 5.41) is 19.1. The first-order chi connectivity index (χ1) is 11.9. The van der Waals surface area contributed by atoms with E-state index in [4.69, 9.17) is 19.7 Å². The molecule has 1 aromatic carbocycles. The zero-order chi connectivity index (χ0) is 20.4. The zero-order valence-electron chi connectivity index (χ0n) is 13.7. The van der Waals surface area contributed by atoms with Crippen molar-refractivity contribution < 1.29 is 46.1 Å². The maximum atomic E-state index is 12.6. The monoisotopic (exact) mass is 391 g/mol. The Bertz CT molecular complexity index is 546. The average Bonchev–Trinajstić information content (AvgIpc) is 2.49. The number of para-hydroxylation sites is 1. The lowest BCUT2D eigenvalue weighted by atomic mass is 10.2. The number of nitrogens with one attached hydrogen (secondary N) is 1. The van der Waals surface area contributed by atoms with E-state index < -0.39 is 30.0 Å². The van der Waals surface area contributed by atoms with Crippen LogP contribution in [0.1, 0.15) is 18.9 Å². The highest BCUT2D eigenvalue weighted by Gasteiger charge is 2.38. The smallest absolute Gasteiger partial charge is 0.490 e. The fourth-order valence-electron chi connectivity index (χ4n) is 1.52. The predicted molar refractivity (Wildman–Crippen MR) is 79.8 cm³/mol. The number of alkyl halides is 6. The second-order valence-electron chi connectivity index (χ2n) is 5.05. The average molecular weight is 391 g/mol. The molecule has 0 unspecified atom stereocenters. The molecule has 11 heteroatoms. The molecule has 0 aliphatic heterocycles. The van der Waals surface area contributed by atoms with Gasteiger partial charge in [0.1, 0.15) is 5.75 Å². The van der Waals surface area contributed by atoms with Crippen molar-refractivity contribution in [1.82, 2.24) is 5.32 Å². The Kier molecular flexibility index (Phi) is 10.0. The van der Waals surface area contributed by atoms with Gasteiger partial charge in [-0.3, -0.25) is 0 Å². The summed E-state index contributed by atoms with van der Waals surface area (Å²) in [5.41, 5.74) is -0.757. The van der Waals surface area contributed by atoms with Crippen LogP contribution in [0.25, 0.3) is 0 Å². The molecular formula is C15H19F6NO4. The van der Waals surface area contributed by atoms with Crippen LogP contribution in [-0.2, 0) is 11.0 Å². The van der Waals surface area contributed by atoms with Crippen LogP contribution < -0.4 is 10.1 Å². The number of carboxylic acids is 1. The van der Waals surface area contributed by atoms with Crippen molar-refractivity contribution in [3.8, 4) is 5.75 Å². The minimum Gasteiger partial charge on any atom is -0.493 e. The van der Waals surface area contributed by atoms with Crippen LogP contribution in [0.4, 0.5) is 26.3 Å². The highest BCUT2D eigenvalue weighted by Crippen LogP contribution is 2.35. The van der Waals surface area contributed by atoms with Gasteiger partial charge in [-0.1, -0.05) is 12.1 Å². The fourth-order valence-corrected chi connectivity index (χ4v) is 1.52. The van der Waals surface area contributed by atoms with Gasteiger partial charge in [0.25, 0.3) is 0 Å². The zero-order valence-corrected chi connectivity index (χ0v) is 13.7. The molecular weight excluding hydrogens is 372 g/mol. The lowest BCUT2D eigenvalue weighted by molar-refractivity contribution is -0.192. The maximum absolute atomic E-state index is 12.6. The van der Waals surface area contributed by atoms with Crippen molar-refractivity contribution in [3.63, 3.8) is 0 Å². The Morgan fingerprint density at radius 2 is 1.73 bits per heavy atom. The topological polar surface area (TPSA) is 78.8 Å². The number of ether oxygens (including phenoxy) is 1. The highest BCUT2D eigenvalue weighted by molar-refractivity contribution is 5.73. The molecule has 26 heavy (non-hydrogen) atoms. The number of hydrogen-bond acceptors (Lipinski definition) is 4. The second kappa shape index (κ2) is 10.9. The molecule has 0 radical (unpaired) electrons. The number of aliphatic carboxylic acids is 1. The molecule has 0 spiro atoms. The summed E-state index contributed by atoms with van der Waals surface area (Å²) in [7, 11) is 0. The molecule has 1 rings (SSSR count). The first-order valence-electron chi connectivity index (χ1n) is 7.33. The number of aliphatic hydroxyl groups is 1. The molecule has 0 amide bonds. The quantitative estimate of drug-likeness (QED) is 0.492. The van der Waals surface area contributed by atoms with Gasteiger partial charge in [-0.25, -0.2) is 4.79 Å². The van der Waals surface area contributed by atoms with Crippen LogP contribution in [0.3, 0.4) is 0 Å². The SMILES string of the molecule is C[C@@H](O)CNCCCOc1ccccc1C(F)(F)F.O=C(O)C(F)(F)F. The fraction of sp³-hybridized carbons (Fsp3) is 0.533. The molecule has 5 nitrogen and oxygen atoms in total. The van der Waals surface area contributed by atoms with Crippen LogP contribution >= 0.6 is 0 Å². The number of hydrogen-bond donors (Lipinski definition) is 3. The second-order valence-corrected chi connectivity index (χ2v) is 5.05. The van der Waals surface area contributed by atoms with Crippen LogP contribution in [0, 0.1) is 0 Å². The molecule has 3 N–H and O–H groups in total. The summed E-state index contributed by atoms with van der Waals surface area (Å²) in [5.74, 6) is -2.90. The lowest BCUT2D eigenvalue weighted by Crippen LogP contribution is -2.26. The Morgan fingerprint density at radius 1 is 1.19 bits per heavy atom. The summed E-state index contributed by atoms with van der Waals surface area (Å²) in [6.45, 7) is 2.89. The Morgan fingerprint density at radius 3 is 2.19 bits per heavy atom.